The monoisotopic (exact) mass is 495 g/mol. The highest BCUT2D eigenvalue weighted by Gasteiger charge is 2.50. The summed E-state index contributed by atoms with van der Waals surface area (Å²) < 4.78 is 5.72. The molecule has 0 aromatic rings. The van der Waals surface area contributed by atoms with Gasteiger partial charge in [-0.3, -0.25) is 4.79 Å². The average Bonchev–Trinajstić information content (AvgIpc) is 3.16. The topological polar surface area (TPSA) is 70.3 Å². The van der Waals surface area contributed by atoms with Crippen molar-refractivity contribution in [1.29, 1.82) is 5.26 Å². The lowest BCUT2D eigenvalue weighted by Gasteiger charge is -2.44. The van der Waals surface area contributed by atoms with Gasteiger partial charge in [-0.1, -0.05) is 56.6 Å². The van der Waals surface area contributed by atoms with E-state index in [4.69, 9.17) is 10.00 Å². The van der Waals surface area contributed by atoms with Crippen molar-refractivity contribution in [2.45, 2.75) is 129 Å². The molecule has 0 heterocycles. The van der Waals surface area contributed by atoms with Crippen molar-refractivity contribution in [3.8, 4) is 6.07 Å². The zero-order valence-electron chi connectivity index (χ0n) is 23.3. The van der Waals surface area contributed by atoms with Crippen LogP contribution in [0.3, 0.4) is 0 Å². The largest absolute Gasteiger partial charge is 0.462 e. The van der Waals surface area contributed by atoms with Gasteiger partial charge in [0.05, 0.1) is 11.7 Å². The van der Waals surface area contributed by atoms with E-state index >= 15 is 0 Å². The Morgan fingerprint density at radius 2 is 2.06 bits per heavy atom. The summed E-state index contributed by atoms with van der Waals surface area (Å²) in [6, 6.07) is 2.08. The molecule has 1 N–H and O–H groups in total. The molecule has 0 spiro atoms. The fraction of sp³-hybridized carbons (Fsp3) is 0.750. The van der Waals surface area contributed by atoms with E-state index in [1.807, 2.05) is 13.8 Å². The van der Waals surface area contributed by atoms with Crippen molar-refractivity contribution < 1.29 is 14.6 Å². The first-order chi connectivity index (χ1) is 17.0. The van der Waals surface area contributed by atoms with Gasteiger partial charge in [-0.05, 0) is 100 Å². The Morgan fingerprint density at radius 1 is 1.28 bits per heavy atom. The van der Waals surface area contributed by atoms with Crippen molar-refractivity contribution in [2.24, 2.45) is 23.2 Å². The minimum absolute atomic E-state index is 0.0769. The van der Waals surface area contributed by atoms with Crippen LogP contribution < -0.4 is 0 Å². The molecule has 3 fully saturated rings. The molecule has 3 saturated carbocycles. The van der Waals surface area contributed by atoms with E-state index in [9.17, 15) is 9.90 Å². The molecular formula is C32H49NO3. The molecule has 0 aromatic heterocycles. The van der Waals surface area contributed by atoms with Crippen LogP contribution in [-0.4, -0.2) is 22.8 Å². The number of nitriles is 1. The van der Waals surface area contributed by atoms with E-state index in [1.54, 1.807) is 5.57 Å². The number of unbranched alkanes of at least 4 members (excludes halogenated alkanes) is 1. The van der Waals surface area contributed by atoms with Crippen molar-refractivity contribution in [2.75, 3.05) is 0 Å². The first kappa shape index (κ1) is 28.7. The number of fused-ring (bicyclic) bond motifs is 1. The zero-order chi connectivity index (χ0) is 26.3. The quantitative estimate of drug-likeness (QED) is 0.246. The Morgan fingerprint density at radius 3 is 2.78 bits per heavy atom. The summed E-state index contributed by atoms with van der Waals surface area (Å²) in [5.74, 6) is 1.93. The summed E-state index contributed by atoms with van der Waals surface area (Å²) in [5.41, 5.74) is 3.82. The van der Waals surface area contributed by atoms with Crippen LogP contribution >= 0.6 is 0 Å². The summed E-state index contributed by atoms with van der Waals surface area (Å²) in [6.07, 6.45) is 17.9. The van der Waals surface area contributed by atoms with Gasteiger partial charge in [0.15, 0.2) is 0 Å². The van der Waals surface area contributed by atoms with E-state index < -0.39 is 5.60 Å². The lowest BCUT2D eigenvalue weighted by Crippen LogP contribution is -2.36. The summed E-state index contributed by atoms with van der Waals surface area (Å²) in [4.78, 5) is 12.1. The average molecular weight is 496 g/mol. The van der Waals surface area contributed by atoms with Crippen molar-refractivity contribution in [3.63, 3.8) is 0 Å². The Bertz CT molecular complexity index is 886. The third-order valence-electron chi connectivity index (χ3n) is 9.31. The molecular weight excluding hydrogens is 446 g/mol. The minimum atomic E-state index is -0.562. The Hall–Kier alpha value is -1.86. The zero-order valence-corrected chi connectivity index (χ0v) is 23.3. The Labute approximate surface area is 219 Å². The van der Waals surface area contributed by atoms with Gasteiger partial charge in [0, 0.05) is 19.3 Å². The van der Waals surface area contributed by atoms with E-state index in [0.717, 1.165) is 38.0 Å². The molecule has 200 valence electrons. The highest BCUT2D eigenvalue weighted by atomic mass is 16.5. The van der Waals surface area contributed by atoms with Crippen LogP contribution in [-0.2, 0) is 9.53 Å². The first-order valence-electron chi connectivity index (χ1n) is 14.4. The fourth-order valence-electron chi connectivity index (χ4n) is 7.31. The van der Waals surface area contributed by atoms with Crippen LogP contribution in [0.2, 0.25) is 0 Å². The molecule has 3 aliphatic rings. The summed E-state index contributed by atoms with van der Waals surface area (Å²) in [7, 11) is 0. The summed E-state index contributed by atoms with van der Waals surface area (Å²) in [5, 5.41) is 18.8. The standard InChI is InChI=1S/C32H49NO3/c1-23-13-16-27(36-30(34)12-6-7-21-33)22-26(23)15-14-25-11-9-20-32(5)28(17-18-29(25)32)24(2)10-8-19-31(3,4)35/h14-15,24,27-29,35H,1,6-13,16-20,22H2,2-5H3/t24-,27+,28-,29?,32-/m1/s1. The van der Waals surface area contributed by atoms with Gasteiger partial charge in [-0.25, -0.2) is 0 Å². The van der Waals surface area contributed by atoms with Crippen molar-refractivity contribution in [3.05, 3.63) is 35.5 Å². The van der Waals surface area contributed by atoms with Crippen LogP contribution in [0, 0.1) is 34.5 Å². The molecule has 0 bridgehead atoms. The number of allylic oxidation sites excluding steroid dienone is 4. The van der Waals surface area contributed by atoms with E-state index in [2.05, 4.69) is 38.6 Å². The molecule has 36 heavy (non-hydrogen) atoms. The SMILES string of the molecule is C=C1CC[C@H](OC(=O)CCCC#N)CC1=CC=C1CCC[C@@]2(C)C1CC[C@@H]2[C@H](C)CCCC(C)(C)O. The maximum atomic E-state index is 12.1. The normalized spacial score (nSPS) is 31.8. The molecule has 3 aliphatic carbocycles. The molecule has 1 unspecified atom stereocenters. The van der Waals surface area contributed by atoms with Gasteiger partial charge >= 0.3 is 5.97 Å². The van der Waals surface area contributed by atoms with Gasteiger partial charge < -0.3 is 9.84 Å². The van der Waals surface area contributed by atoms with Crippen molar-refractivity contribution in [1.82, 2.24) is 0 Å². The van der Waals surface area contributed by atoms with Crippen LogP contribution in [0.5, 0.6) is 0 Å². The van der Waals surface area contributed by atoms with Crippen LogP contribution in [0.4, 0.5) is 0 Å². The maximum Gasteiger partial charge on any atom is 0.306 e. The lowest BCUT2D eigenvalue weighted by atomic mass is 9.60. The molecule has 4 heteroatoms. The number of hydrogen-bond donors (Lipinski definition) is 1. The number of carbonyl (C=O) groups is 1. The number of nitrogens with zero attached hydrogens (tertiary/aromatic N) is 1. The van der Waals surface area contributed by atoms with Crippen LogP contribution in [0.15, 0.2) is 35.5 Å². The van der Waals surface area contributed by atoms with Gasteiger partial charge in [0.1, 0.15) is 6.10 Å². The lowest BCUT2D eigenvalue weighted by molar-refractivity contribution is -0.149. The highest BCUT2D eigenvalue weighted by molar-refractivity contribution is 5.69. The van der Waals surface area contributed by atoms with E-state index in [-0.39, 0.29) is 12.1 Å². The number of carbonyl (C=O) groups excluding carboxylic acids is 1. The second kappa shape index (κ2) is 12.6. The predicted octanol–water partition coefficient (Wildman–Crippen LogP) is 7.98. The molecule has 0 radical (unpaired) electrons. The van der Waals surface area contributed by atoms with Gasteiger partial charge in [0.2, 0.25) is 0 Å². The first-order valence-corrected chi connectivity index (χ1v) is 14.4. The van der Waals surface area contributed by atoms with E-state index in [1.165, 1.54) is 49.7 Å². The molecule has 3 rings (SSSR count). The molecule has 0 amide bonds. The summed E-state index contributed by atoms with van der Waals surface area (Å²) >= 11 is 0. The second-order valence-corrected chi connectivity index (χ2v) is 12.7. The molecule has 4 nitrogen and oxygen atoms in total. The third kappa shape index (κ3) is 7.58. The van der Waals surface area contributed by atoms with E-state index in [0.29, 0.717) is 36.5 Å². The number of rotatable bonds is 10. The predicted molar refractivity (Wildman–Crippen MR) is 146 cm³/mol. The van der Waals surface area contributed by atoms with Crippen molar-refractivity contribution >= 4 is 5.97 Å². The summed E-state index contributed by atoms with van der Waals surface area (Å²) in [6.45, 7) is 13.1. The van der Waals surface area contributed by atoms with Gasteiger partial charge in [-0.15, -0.1) is 0 Å². The fourth-order valence-corrected chi connectivity index (χ4v) is 7.31. The smallest absolute Gasteiger partial charge is 0.306 e. The van der Waals surface area contributed by atoms with Gasteiger partial charge in [0.25, 0.3) is 0 Å². The minimum Gasteiger partial charge on any atom is -0.462 e. The molecule has 0 saturated heterocycles. The van der Waals surface area contributed by atoms with Crippen LogP contribution in [0.25, 0.3) is 0 Å². The number of ether oxygens (including phenoxy) is 1. The number of hydrogen-bond acceptors (Lipinski definition) is 4. The molecule has 0 aromatic carbocycles. The Kier molecular flexibility index (Phi) is 10.0. The second-order valence-electron chi connectivity index (χ2n) is 12.7. The van der Waals surface area contributed by atoms with Gasteiger partial charge in [-0.2, -0.15) is 5.26 Å². The number of esters is 1. The number of aliphatic hydroxyl groups is 1. The molecule has 5 atom stereocenters. The van der Waals surface area contributed by atoms with Crippen LogP contribution in [0.1, 0.15) is 118 Å². The maximum absolute atomic E-state index is 12.1. The molecule has 0 aliphatic heterocycles. The third-order valence-corrected chi connectivity index (χ3v) is 9.31. The Balaban J connectivity index is 1.63. The highest BCUT2D eigenvalue weighted by Crippen LogP contribution is 2.60.